The molecule has 3 aromatic rings. The lowest BCUT2D eigenvalue weighted by Crippen LogP contribution is -2.46. The maximum absolute atomic E-state index is 12.7. The van der Waals surface area contributed by atoms with E-state index in [9.17, 15) is 18.5 Å². The molecule has 0 saturated carbocycles. The fourth-order valence-corrected chi connectivity index (χ4v) is 4.77. The molecule has 0 spiro atoms. The van der Waals surface area contributed by atoms with Gasteiger partial charge in [-0.1, -0.05) is 60.7 Å². The summed E-state index contributed by atoms with van der Waals surface area (Å²) in [6.45, 7) is 2.86. The van der Waals surface area contributed by atoms with Crippen LogP contribution in [0.5, 0.6) is 0 Å². The number of nitrogens with one attached hydrogen (secondary N) is 1. The van der Waals surface area contributed by atoms with Gasteiger partial charge in [-0.05, 0) is 35.4 Å². The Labute approximate surface area is 211 Å². The maximum Gasteiger partial charge on any atom is 0.267 e. The van der Waals surface area contributed by atoms with E-state index in [2.05, 4.69) is 34.5 Å². The molecule has 3 N–H and O–H groups in total. The average Bonchev–Trinajstić information content (AvgIpc) is 2.89. The number of nitriles is 1. The average molecular weight is 502 g/mol. The van der Waals surface area contributed by atoms with Gasteiger partial charge in [-0.15, -0.1) is 0 Å². The first-order valence-electron chi connectivity index (χ1n) is 11.5. The maximum atomic E-state index is 12.7. The first-order valence-corrected chi connectivity index (χ1v) is 13.0. The Morgan fingerprint density at radius 3 is 1.89 bits per heavy atom. The molecule has 1 aliphatic heterocycles. The molecule has 0 unspecified atom stereocenters. The normalized spacial score (nSPS) is 14.9. The number of amides is 1. The first-order chi connectivity index (χ1) is 17.3. The number of nitrogens with zero attached hydrogens (tertiary/aromatic N) is 3. The standard InChI is InChI=1S/C27H27N5O3S/c28-19-23(27(33)30-24-11-13-25(14-12-24)36(29,34)35)20-31-15-17-32(18-16-31)26(21-7-3-1-4-8-21)22-9-5-2-6-10-22/h1-14,20,26H,15-18H2,(H,30,33)(H2,29,34,35)/b23-20-. The highest BCUT2D eigenvalue weighted by Gasteiger charge is 2.26. The fourth-order valence-electron chi connectivity index (χ4n) is 4.26. The molecule has 8 nitrogen and oxygen atoms in total. The Balaban J connectivity index is 1.43. The van der Waals surface area contributed by atoms with Crippen LogP contribution < -0.4 is 10.5 Å². The van der Waals surface area contributed by atoms with Crippen LogP contribution in [0.25, 0.3) is 0 Å². The summed E-state index contributed by atoms with van der Waals surface area (Å²) in [5.74, 6) is -0.560. The van der Waals surface area contributed by atoms with Crippen molar-refractivity contribution in [3.8, 4) is 6.07 Å². The lowest BCUT2D eigenvalue weighted by molar-refractivity contribution is -0.112. The molecule has 1 aliphatic rings. The summed E-state index contributed by atoms with van der Waals surface area (Å²) in [6, 6.07) is 28.3. The molecule has 1 fully saturated rings. The van der Waals surface area contributed by atoms with E-state index >= 15 is 0 Å². The van der Waals surface area contributed by atoms with Crippen LogP contribution in [-0.4, -0.2) is 50.3 Å². The van der Waals surface area contributed by atoms with Gasteiger partial charge in [-0.3, -0.25) is 9.69 Å². The minimum Gasteiger partial charge on any atom is -0.374 e. The number of carbonyl (C=O) groups is 1. The highest BCUT2D eigenvalue weighted by atomic mass is 32.2. The summed E-state index contributed by atoms with van der Waals surface area (Å²) in [5, 5.41) is 17.3. The summed E-state index contributed by atoms with van der Waals surface area (Å²) in [4.78, 5) is 17.0. The highest BCUT2D eigenvalue weighted by Crippen LogP contribution is 2.29. The smallest absolute Gasteiger partial charge is 0.267 e. The summed E-state index contributed by atoms with van der Waals surface area (Å²) < 4.78 is 22.8. The van der Waals surface area contributed by atoms with Crippen LogP contribution in [-0.2, 0) is 14.8 Å². The second-order valence-corrected chi connectivity index (χ2v) is 10.0. The molecule has 184 valence electrons. The van der Waals surface area contributed by atoms with Gasteiger partial charge in [0.2, 0.25) is 10.0 Å². The van der Waals surface area contributed by atoms with E-state index < -0.39 is 15.9 Å². The van der Waals surface area contributed by atoms with E-state index in [1.54, 1.807) is 6.20 Å². The lowest BCUT2D eigenvalue weighted by atomic mass is 9.96. The molecule has 1 saturated heterocycles. The van der Waals surface area contributed by atoms with E-state index in [0.29, 0.717) is 18.8 Å². The molecule has 9 heteroatoms. The van der Waals surface area contributed by atoms with Crippen molar-refractivity contribution in [2.24, 2.45) is 5.14 Å². The molecular weight excluding hydrogens is 474 g/mol. The van der Waals surface area contributed by atoms with E-state index in [4.69, 9.17) is 5.14 Å². The largest absolute Gasteiger partial charge is 0.374 e. The zero-order valence-corrected chi connectivity index (χ0v) is 20.4. The number of hydrogen-bond donors (Lipinski definition) is 2. The molecule has 1 amide bonds. The minimum absolute atomic E-state index is 0.0263. The summed E-state index contributed by atoms with van der Waals surface area (Å²) in [5.41, 5.74) is 2.78. The molecule has 0 aromatic heterocycles. The van der Waals surface area contributed by atoms with Crippen molar-refractivity contribution >= 4 is 21.6 Å². The number of hydrogen-bond acceptors (Lipinski definition) is 6. The van der Waals surface area contributed by atoms with Crippen LogP contribution in [0.15, 0.2) is 102 Å². The third kappa shape index (κ3) is 6.17. The number of rotatable bonds is 7. The van der Waals surface area contributed by atoms with Crippen molar-refractivity contribution in [1.82, 2.24) is 9.80 Å². The number of carbonyl (C=O) groups excluding carboxylic acids is 1. The SMILES string of the molecule is N#C/C(=C/N1CCN(C(c2ccccc2)c2ccccc2)CC1)C(=O)Nc1ccc(S(N)(=O)=O)cc1. The van der Waals surface area contributed by atoms with Gasteiger partial charge in [-0.25, -0.2) is 13.6 Å². The molecular formula is C27H27N5O3S. The second-order valence-electron chi connectivity index (χ2n) is 8.47. The number of benzene rings is 3. The van der Waals surface area contributed by atoms with Gasteiger partial charge in [0.1, 0.15) is 11.6 Å². The predicted octanol–water partition coefficient (Wildman–Crippen LogP) is 3.09. The molecule has 0 atom stereocenters. The second kappa shape index (κ2) is 11.2. The summed E-state index contributed by atoms with van der Waals surface area (Å²) in [6.07, 6.45) is 1.59. The molecule has 4 rings (SSSR count). The van der Waals surface area contributed by atoms with Crippen LogP contribution >= 0.6 is 0 Å². The van der Waals surface area contributed by atoms with Gasteiger partial charge in [0, 0.05) is 38.1 Å². The van der Waals surface area contributed by atoms with Crippen LogP contribution in [0.2, 0.25) is 0 Å². The zero-order chi connectivity index (χ0) is 25.5. The quantitative estimate of drug-likeness (QED) is 0.379. The highest BCUT2D eigenvalue weighted by molar-refractivity contribution is 7.89. The number of anilines is 1. The molecule has 1 heterocycles. The number of piperazine rings is 1. The van der Waals surface area contributed by atoms with E-state index in [1.165, 1.54) is 35.4 Å². The van der Waals surface area contributed by atoms with Crippen molar-refractivity contribution in [2.75, 3.05) is 31.5 Å². The topological polar surface area (TPSA) is 120 Å². The van der Waals surface area contributed by atoms with Crippen LogP contribution in [0.1, 0.15) is 17.2 Å². The number of nitrogens with two attached hydrogens (primary N) is 1. The molecule has 36 heavy (non-hydrogen) atoms. The van der Waals surface area contributed by atoms with E-state index in [1.807, 2.05) is 47.4 Å². The van der Waals surface area contributed by atoms with Gasteiger partial charge < -0.3 is 10.2 Å². The van der Waals surface area contributed by atoms with Gasteiger partial charge in [0.05, 0.1) is 10.9 Å². The molecule has 0 aliphatic carbocycles. The first kappa shape index (κ1) is 25.1. The molecule has 0 radical (unpaired) electrons. The molecule has 0 bridgehead atoms. The summed E-state index contributed by atoms with van der Waals surface area (Å²) in [7, 11) is -3.82. The Morgan fingerprint density at radius 2 is 1.42 bits per heavy atom. The van der Waals surface area contributed by atoms with E-state index in [0.717, 1.165) is 13.1 Å². The third-order valence-electron chi connectivity index (χ3n) is 6.06. The van der Waals surface area contributed by atoms with Crippen LogP contribution in [0.4, 0.5) is 5.69 Å². The van der Waals surface area contributed by atoms with Crippen molar-refractivity contribution in [2.45, 2.75) is 10.9 Å². The van der Waals surface area contributed by atoms with Crippen LogP contribution in [0.3, 0.4) is 0 Å². The Bertz CT molecular complexity index is 1320. The Kier molecular flexibility index (Phi) is 7.80. The van der Waals surface area contributed by atoms with Crippen molar-refractivity contribution < 1.29 is 13.2 Å². The monoisotopic (exact) mass is 501 g/mol. The number of primary sulfonamides is 1. The fraction of sp³-hybridized carbons (Fsp3) is 0.185. The van der Waals surface area contributed by atoms with Crippen molar-refractivity contribution in [1.29, 1.82) is 5.26 Å². The van der Waals surface area contributed by atoms with Crippen LogP contribution in [0, 0.1) is 11.3 Å². The van der Waals surface area contributed by atoms with E-state index in [-0.39, 0.29) is 16.5 Å². The van der Waals surface area contributed by atoms with Crippen molar-refractivity contribution in [3.63, 3.8) is 0 Å². The minimum atomic E-state index is -3.82. The Hall–Kier alpha value is -3.97. The van der Waals surface area contributed by atoms with Gasteiger partial charge in [0.15, 0.2) is 0 Å². The van der Waals surface area contributed by atoms with Gasteiger partial charge >= 0.3 is 0 Å². The zero-order valence-electron chi connectivity index (χ0n) is 19.6. The predicted molar refractivity (Wildman–Crippen MR) is 138 cm³/mol. The summed E-state index contributed by atoms with van der Waals surface area (Å²) >= 11 is 0. The number of sulfonamides is 1. The van der Waals surface area contributed by atoms with Crippen molar-refractivity contribution in [3.05, 3.63) is 108 Å². The van der Waals surface area contributed by atoms with Gasteiger partial charge in [-0.2, -0.15) is 5.26 Å². The molecule has 3 aromatic carbocycles. The van der Waals surface area contributed by atoms with Gasteiger partial charge in [0.25, 0.3) is 5.91 Å². The lowest BCUT2D eigenvalue weighted by Gasteiger charge is -2.39. The third-order valence-corrected chi connectivity index (χ3v) is 6.99. The Morgan fingerprint density at radius 1 is 0.889 bits per heavy atom.